The molecule has 3 aromatic rings. The van der Waals surface area contributed by atoms with Crippen LogP contribution in [0.3, 0.4) is 0 Å². The Bertz CT molecular complexity index is 1050. The van der Waals surface area contributed by atoms with Crippen molar-refractivity contribution in [2.24, 2.45) is 11.1 Å². The number of carbonyl (C=O) groups excluding carboxylic acids is 1. The molecule has 3 aromatic carbocycles. The van der Waals surface area contributed by atoms with Gasteiger partial charge in [-0.05, 0) is 27.9 Å². The van der Waals surface area contributed by atoms with Crippen molar-refractivity contribution in [3.05, 3.63) is 88.4 Å². The van der Waals surface area contributed by atoms with Gasteiger partial charge in [0.15, 0.2) is 0 Å². The first-order chi connectivity index (χ1) is 15.6. The highest BCUT2D eigenvalue weighted by Crippen LogP contribution is 2.46. The largest absolute Gasteiger partial charge is 0.403 e. The minimum Gasteiger partial charge on any atom is -0.403 e. The molecule has 0 aliphatic rings. The number of likely N-dealkylation sites (N-methyl/N-ethyl adjacent to an activating group) is 1. The lowest BCUT2D eigenvalue weighted by molar-refractivity contribution is -0.117. The van der Waals surface area contributed by atoms with E-state index in [4.69, 9.17) is 33.4 Å². The van der Waals surface area contributed by atoms with Crippen LogP contribution in [0.1, 0.15) is 32.4 Å². The standard InChI is InChI=1S/C26H30Cl2N2O2Si/c1-26(2,3)25(23-20(27)15-16-21(24(23)28)30(4)22(31)17-29)32-33(18-11-7-5-8-12-18)19-13-9-6-10-14-19/h5-16,25,33H,17,29H2,1-4H3. The molecule has 174 valence electrons. The maximum atomic E-state index is 12.3. The van der Waals surface area contributed by atoms with Crippen molar-refractivity contribution in [3.63, 3.8) is 0 Å². The number of hydrogen-bond acceptors (Lipinski definition) is 3. The first-order valence-electron chi connectivity index (χ1n) is 10.8. The van der Waals surface area contributed by atoms with Crippen LogP contribution in [-0.2, 0) is 9.22 Å². The molecule has 3 rings (SSSR count). The van der Waals surface area contributed by atoms with Crippen molar-refractivity contribution in [1.82, 2.24) is 0 Å². The third-order valence-corrected chi connectivity index (χ3v) is 8.79. The number of carbonyl (C=O) groups is 1. The first kappa shape index (κ1) is 25.5. The summed E-state index contributed by atoms with van der Waals surface area (Å²) in [6.45, 7) is 6.20. The van der Waals surface area contributed by atoms with Crippen LogP contribution in [0.15, 0.2) is 72.8 Å². The summed E-state index contributed by atoms with van der Waals surface area (Å²) in [6, 6.07) is 24.1. The zero-order valence-corrected chi connectivity index (χ0v) is 22.1. The topological polar surface area (TPSA) is 55.6 Å². The van der Waals surface area contributed by atoms with Crippen molar-refractivity contribution in [2.75, 3.05) is 18.5 Å². The van der Waals surface area contributed by atoms with Crippen molar-refractivity contribution < 1.29 is 9.22 Å². The number of anilines is 1. The molecular weight excluding hydrogens is 471 g/mol. The summed E-state index contributed by atoms with van der Waals surface area (Å²) < 4.78 is 7.00. The Balaban J connectivity index is 2.14. The average Bonchev–Trinajstić information content (AvgIpc) is 2.80. The highest BCUT2D eigenvalue weighted by molar-refractivity contribution is 6.80. The fourth-order valence-electron chi connectivity index (χ4n) is 3.78. The maximum Gasteiger partial charge on any atom is 0.240 e. The van der Waals surface area contributed by atoms with Crippen LogP contribution in [0.5, 0.6) is 0 Å². The van der Waals surface area contributed by atoms with Crippen LogP contribution in [0.2, 0.25) is 10.0 Å². The zero-order chi connectivity index (χ0) is 24.2. The van der Waals surface area contributed by atoms with Crippen molar-refractivity contribution in [2.45, 2.75) is 26.9 Å². The molecule has 0 heterocycles. The molecule has 2 N–H and O–H groups in total. The van der Waals surface area contributed by atoms with Crippen LogP contribution in [0.4, 0.5) is 5.69 Å². The van der Waals surface area contributed by atoms with Gasteiger partial charge in [-0.1, -0.05) is 105 Å². The summed E-state index contributed by atoms with van der Waals surface area (Å²) in [5.41, 5.74) is 6.49. The highest BCUT2D eigenvalue weighted by Gasteiger charge is 2.35. The maximum absolute atomic E-state index is 12.3. The predicted octanol–water partition coefficient (Wildman–Crippen LogP) is 4.56. The van der Waals surface area contributed by atoms with Gasteiger partial charge in [-0.25, -0.2) is 0 Å². The van der Waals surface area contributed by atoms with E-state index in [0.29, 0.717) is 21.3 Å². The van der Waals surface area contributed by atoms with E-state index < -0.39 is 15.1 Å². The summed E-state index contributed by atoms with van der Waals surface area (Å²) in [6.07, 6.45) is -0.407. The quantitative estimate of drug-likeness (QED) is 0.483. The van der Waals surface area contributed by atoms with Gasteiger partial charge in [0.05, 0.1) is 23.4 Å². The number of benzene rings is 3. The molecule has 0 radical (unpaired) electrons. The summed E-state index contributed by atoms with van der Waals surface area (Å²) in [4.78, 5) is 13.7. The number of nitrogens with zero attached hydrogens (tertiary/aromatic N) is 1. The first-order valence-corrected chi connectivity index (χ1v) is 13.2. The van der Waals surface area contributed by atoms with Crippen molar-refractivity contribution in [1.29, 1.82) is 0 Å². The van der Waals surface area contributed by atoms with E-state index in [1.807, 2.05) is 36.4 Å². The molecule has 0 fully saturated rings. The van der Waals surface area contributed by atoms with E-state index >= 15 is 0 Å². The number of rotatable bonds is 7. The Hall–Kier alpha value is -2.15. The van der Waals surface area contributed by atoms with E-state index in [0.717, 1.165) is 10.4 Å². The van der Waals surface area contributed by atoms with E-state index in [1.54, 1.807) is 19.2 Å². The molecule has 1 unspecified atom stereocenters. The second kappa shape index (κ2) is 10.8. The van der Waals surface area contributed by atoms with Gasteiger partial charge in [-0.3, -0.25) is 4.79 Å². The van der Waals surface area contributed by atoms with Crippen LogP contribution >= 0.6 is 23.2 Å². The normalized spacial score (nSPS) is 12.6. The molecule has 0 aliphatic heterocycles. The molecule has 7 heteroatoms. The molecule has 0 bridgehead atoms. The van der Waals surface area contributed by atoms with Crippen molar-refractivity contribution >= 4 is 54.2 Å². The summed E-state index contributed by atoms with van der Waals surface area (Å²) >= 11 is 13.6. The fraction of sp³-hybridized carbons (Fsp3) is 0.269. The van der Waals surface area contributed by atoms with Gasteiger partial charge in [-0.15, -0.1) is 0 Å². The second-order valence-electron chi connectivity index (χ2n) is 9.03. The number of nitrogens with two attached hydrogens (primary N) is 1. The number of amides is 1. The van der Waals surface area contributed by atoms with Gasteiger partial charge in [-0.2, -0.15) is 0 Å². The van der Waals surface area contributed by atoms with Gasteiger partial charge < -0.3 is 15.1 Å². The Kier molecular flexibility index (Phi) is 8.37. The summed E-state index contributed by atoms with van der Waals surface area (Å²) in [5.74, 6) is -0.237. The molecule has 0 aromatic heterocycles. The van der Waals surface area contributed by atoms with E-state index in [2.05, 4.69) is 45.0 Å². The molecule has 4 nitrogen and oxygen atoms in total. The monoisotopic (exact) mass is 500 g/mol. The van der Waals surface area contributed by atoms with Gasteiger partial charge in [0.2, 0.25) is 14.9 Å². The SMILES string of the molecule is CN(C(=O)CN)c1ccc(Cl)c(C(O[SiH](c2ccccc2)c2ccccc2)C(C)(C)C)c1Cl. The van der Waals surface area contributed by atoms with E-state index in [-0.39, 0.29) is 17.9 Å². The van der Waals surface area contributed by atoms with Gasteiger partial charge >= 0.3 is 0 Å². The number of halogens is 2. The molecule has 0 saturated carbocycles. The van der Waals surface area contributed by atoms with Gasteiger partial charge in [0.1, 0.15) is 0 Å². The average molecular weight is 502 g/mol. The molecule has 0 aliphatic carbocycles. The van der Waals surface area contributed by atoms with E-state index in [1.165, 1.54) is 4.90 Å². The third-order valence-electron chi connectivity index (χ3n) is 5.54. The Morgan fingerprint density at radius 2 is 1.48 bits per heavy atom. The Labute approximate surface area is 208 Å². The Morgan fingerprint density at radius 3 is 1.94 bits per heavy atom. The lowest BCUT2D eigenvalue weighted by atomic mass is 9.84. The van der Waals surface area contributed by atoms with Crippen LogP contribution in [-0.4, -0.2) is 28.5 Å². The molecule has 0 saturated heterocycles. The molecule has 1 amide bonds. The lowest BCUT2D eigenvalue weighted by Crippen LogP contribution is -2.47. The zero-order valence-electron chi connectivity index (χ0n) is 19.4. The fourth-order valence-corrected chi connectivity index (χ4v) is 7.13. The molecular formula is C26H30Cl2N2O2Si. The molecule has 1 atom stereocenters. The summed E-state index contributed by atoms with van der Waals surface area (Å²) in [5, 5.41) is 3.24. The summed E-state index contributed by atoms with van der Waals surface area (Å²) in [7, 11) is -0.444. The van der Waals surface area contributed by atoms with Crippen LogP contribution in [0, 0.1) is 5.41 Å². The molecule has 33 heavy (non-hydrogen) atoms. The predicted molar refractivity (Wildman–Crippen MR) is 142 cm³/mol. The van der Waals surface area contributed by atoms with Crippen LogP contribution in [0.25, 0.3) is 0 Å². The smallest absolute Gasteiger partial charge is 0.240 e. The minimum atomic E-state index is -2.10. The van der Waals surface area contributed by atoms with Gasteiger partial charge in [0.25, 0.3) is 0 Å². The third kappa shape index (κ3) is 5.86. The molecule has 0 spiro atoms. The Morgan fingerprint density at radius 1 is 0.970 bits per heavy atom. The van der Waals surface area contributed by atoms with Crippen LogP contribution < -0.4 is 21.0 Å². The lowest BCUT2D eigenvalue weighted by Gasteiger charge is -2.36. The van der Waals surface area contributed by atoms with Gasteiger partial charge in [0, 0.05) is 17.6 Å². The van der Waals surface area contributed by atoms with Crippen molar-refractivity contribution in [3.8, 4) is 0 Å². The van der Waals surface area contributed by atoms with E-state index in [9.17, 15) is 4.79 Å². The number of hydrogen-bond donors (Lipinski definition) is 1. The minimum absolute atomic E-state index is 0.110. The second-order valence-corrected chi connectivity index (χ2v) is 12.2. The highest BCUT2D eigenvalue weighted by atomic mass is 35.5.